The normalized spacial score (nSPS) is 11.0. The molecule has 11 heteroatoms. The lowest BCUT2D eigenvalue weighted by Crippen LogP contribution is -2.23. The molecule has 0 aliphatic carbocycles. The van der Waals surface area contributed by atoms with Crippen molar-refractivity contribution >= 4 is 24.2 Å². The first kappa shape index (κ1) is 31.6. The average Bonchev–Trinajstić information content (AvgIpc) is 2.99. The third-order valence-electron chi connectivity index (χ3n) is 5.95. The van der Waals surface area contributed by atoms with Gasteiger partial charge in [0.25, 0.3) is 11.8 Å². The highest BCUT2D eigenvalue weighted by Crippen LogP contribution is 2.28. The van der Waals surface area contributed by atoms with Crippen molar-refractivity contribution in [3.05, 3.63) is 76.1 Å². The predicted molar refractivity (Wildman–Crippen MR) is 161 cm³/mol. The number of hydrogen-bond donors (Lipinski definition) is 2. The molecule has 42 heavy (non-hydrogen) atoms. The van der Waals surface area contributed by atoms with Crippen LogP contribution in [0.4, 0.5) is 0 Å². The number of carbonyl (C=O) groups excluding carboxylic acids is 2. The maximum atomic E-state index is 12.9. The first-order chi connectivity index (χ1) is 20.3. The molecule has 0 fully saturated rings. The highest BCUT2D eigenvalue weighted by Gasteiger charge is 2.17. The largest absolute Gasteiger partial charge is 0.493 e. The number of carbonyl (C=O) groups is 2. The van der Waals surface area contributed by atoms with Gasteiger partial charge in [-0.3, -0.25) is 14.6 Å². The van der Waals surface area contributed by atoms with Crippen molar-refractivity contribution in [2.75, 3.05) is 27.4 Å². The fraction of sp³-hybridized carbons (Fsp3) is 0.323. The minimum atomic E-state index is -0.513. The molecule has 0 aliphatic rings. The number of rotatable bonds is 14. The molecular weight excluding hydrogens is 538 g/mol. The summed E-state index contributed by atoms with van der Waals surface area (Å²) in [5.74, 6) is 1.36. The van der Waals surface area contributed by atoms with Gasteiger partial charge in [0.05, 0.1) is 62.4 Å². The predicted octanol–water partition coefficient (Wildman–Crippen LogP) is 4.82. The number of pyridine rings is 1. The van der Waals surface area contributed by atoms with Gasteiger partial charge in [-0.2, -0.15) is 10.2 Å². The number of hydrogen-bond acceptors (Lipinski definition) is 9. The number of methoxy groups -OCH3 is 2. The maximum Gasteiger partial charge on any atom is 0.273 e. The van der Waals surface area contributed by atoms with E-state index in [2.05, 4.69) is 26.0 Å². The van der Waals surface area contributed by atoms with Crippen molar-refractivity contribution in [3.8, 4) is 23.0 Å². The summed E-state index contributed by atoms with van der Waals surface area (Å²) < 4.78 is 22.1. The van der Waals surface area contributed by atoms with Crippen LogP contribution in [0.1, 0.15) is 69.9 Å². The number of nitrogens with one attached hydrogen (secondary N) is 2. The van der Waals surface area contributed by atoms with Crippen molar-refractivity contribution in [1.82, 2.24) is 15.8 Å². The Morgan fingerprint density at radius 2 is 1.14 bits per heavy atom. The van der Waals surface area contributed by atoms with E-state index in [0.29, 0.717) is 58.7 Å². The number of nitrogens with zero attached hydrogens (tertiary/aromatic N) is 3. The molecule has 1 heterocycles. The quantitative estimate of drug-likeness (QED) is 0.208. The summed E-state index contributed by atoms with van der Waals surface area (Å²) in [6.07, 6.45) is 4.73. The molecule has 0 bridgehead atoms. The van der Waals surface area contributed by atoms with Crippen LogP contribution in [-0.2, 0) is 0 Å². The number of amides is 2. The summed E-state index contributed by atoms with van der Waals surface area (Å²) in [5.41, 5.74) is 7.71. The third-order valence-corrected chi connectivity index (χ3v) is 5.95. The summed E-state index contributed by atoms with van der Waals surface area (Å²) in [7, 11) is 3.11. The highest BCUT2D eigenvalue weighted by atomic mass is 16.5. The first-order valence-corrected chi connectivity index (χ1v) is 13.6. The lowest BCUT2D eigenvalue weighted by atomic mass is 10.1. The second-order valence-corrected chi connectivity index (χ2v) is 9.17. The van der Waals surface area contributed by atoms with Crippen LogP contribution in [0.25, 0.3) is 0 Å². The van der Waals surface area contributed by atoms with Gasteiger partial charge in [0.2, 0.25) is 0 Å². The van der Waals surface area contributed by atoms with Gasteiger partial charge in [-0.15, -0.1) is 0 Å². The monoisotopic (exact) mass is 575 g/mol. The van der Waals surface area contributed by atoms with Crippen LogP contribution >= 0.6 is 0 Å². The summed E-state index contributed by atoms with van der Waals surface area (Å²) in [5, 5.41) is 8.10. The van der Waals surface area contributed by atoms with Crippen LogP contribution in [0, 0.1) is 13.8 Å². The number of aryl methyl sites for hydroxylation is 2. The zero-order valence-corrected chi connectivity index (χ0v) is 24.8. The van der Waals surface area contributed by atoms with Crippen LogP contribution in [0.5, 0.6) is 23.0 Å². The molecular formula is C31H37N5O6. The van der Waals surface area contributed by atoms with Gasteiger partial charge >= 0.3 is 0 Å². The molecule has 11 nitrogen and oxygen atoms in total. The van der Waals surface area contributed by atoms with Crippen molar-refractivity contribution in [3.63, 3.8) is 0 Å². The summed E-state index contributed by atoms with van der Waals surface area (Å²) >= 11 is 0. The van der Waals surface area contributed by atoms with Crippen molar-refractivity contribution < 1.29 is 28.5 Å². The topological polar surface area (TPSA) is 133 Å². The number of benzene rings is 2. The Balaban J connectivity index is 1.68. The molecule has 2 amide bonds. The maximum absolute atomic E-state index is 12.9. The average molecular weight is 576 g/mol. The van der Waals surface area contributed by atoms with E-state index in [1.54, 1.807) is 64.5 Å². The minimum absolute atomic E-state index is 0.208. The van der Waals surface area contributed by atoms with E-state index in [4.69, 9.17) is 18.9 Å². The van der Waals surface area contributed by atoms with Crippen molar-refractivity contribution in [2.45, 2.75) is 40.5 Å². The Kier molecular flexibility index (Phi) is 11.8. The van der Waals surface area contributed by atoms with E-state index in [-0.39, 0.29) is 11.1 Å². The van der Waals surface area contributed by atoms with E-state index in [0.717, 1.165) is 12.8 Å². The van der Waals surface area contributed by atoms with Crippen LogP contribution in [-0.4, -0.2) is 56.7 Å². The van der Waals surface area contributed by atoms with Gasteiger partial charge in [-0.25, -0.2) is 10.9 Å². The molecule has 1 aromatic heterocycles. The van der Waals surface area contributed by atoms with Gasteiger partial charge in [0.15, 0.2) is 23.0 Å². The SMILES string of the molecule is CCCOc1ccc(C=NNC(=O)c2cc(C(=O)NN=Cc3ccc(OCCC)c(OC)c3)c(C)nc2C)cc1OC. The molecule has 0 saturated heterocycles. The summed E-state index contributed by atoms with van der Waals surface area (Å²) in [6, 6.07) is 12.2. The van der Waals surface area contributed by atoms with Crippen LogP contribution in [0.15, 0.2) is 52.7 Å². The summed E-state index contributed by atoms with van der Waals surface area (Å²) in [6.45, 7) is 8.57. The van der Waals surface area contributed by atoms with Crippen LogP contribution in [0.2, 0.25) is 0 Å². The standard InChI is InChI=1S/C31H37N5O6/c1-7-13-41-26-11-9-22(15-28(26)39-5)18-32-35-30(37)24-17-25(21(4)34-20(24)3)31(38)36-33-19-23-10-12-27(42-14-8-2)29(16-23)40-6/h9-12,15-19H,7-8,13-14H2,1-6H3,(H,35,37)(H,36,38). The fourth-order valence-corrected chi connectivity index (χ4v) is 3.83. The molecule has 0 saturated carbocycles. The zero-order valence-electron chi connectivity index (χ0n) is 24.8. The van der Waals surface area contributed by atoms with Crippen LogP contribution in [0.3, 0.4) is 0 Å². The van der Waals surface area contributed by atoms with E-state index in [1.807, 2.05) is 13.8 Å². The molecule has 0 unspecified atom stereocenters. The second kappa shape index (κ2) is 15.8. The highest BCUT2D eigenvalue weighted by molar-refractivity contribution is 6.01. The lowest BCUT2D eigenvalue weighted by molar-refractivity contribution is 0.0954. The summed E-state index contributed by atoms with van der Waals surface area (Å²) in [4.78, 5) is 30.2. The van der Waals surface area contributed by atoms with E-state index >= 15 is 0 Å². The van der Waals surface area contributed by atoms with Gasteiger partial charge < -0.3 is 18.9 Å². The second-order valence-electron chi connectivity index (χ2n) is 9.17. The van der Waals surface area contributed by atoms with E-state index in [1.165, 1.54) is 18.5 Å². The molecule has 0 aliphatic heterocycles. The number of aromatic nitrogens is 1. The molecule has 222 valence electrons. The minimum Gasteiger partial charge on any atom is -0.493 e. The Morgan fingerprint density at radius 3 is 1.52 bits per heavy atom. The fourth-order valence-electron chi connectivity index (χ4n) is 3.83. The van der Waals surface area contributed by atoms with Crippen molar-refractivity contribution in [2.24, 2.45) is 10.2 Å². The lowest BCUT2D eigenvalue weighted by Gasteiger charge is -2.11. The Hall–Kier alpha value is -4.93. The number of ether oxygens (including phenoxy) is 4. The Bertz CT molecular complexity index is 1350. The molecule has 3 rings (SSSR count). The third kappa shape index (κ3) is 8.53. The molecule has 2 aromatic carbocycles. The molecule has 0 spiro atoms. The van der Waals surface area contributed by atoms with Crippen molar-refractivity contribution in [1.29, 1.82) is 0 Å². The van der Waals surface area contributed by atoms with Gasteiger partial charge in [0, 0.05) is 0 Å². The van der Waals surface area contributed by atoms with E-state index in [9.17, 15) is 9.59 Å². The molecule has 3 aromatic rings. The van der Waals surface area contributed by atoms with Gasteiger partial charge in [-0.05, 0) is 80.3 Å². The Labute approximate surface area is 245 Å². The molecule has 2 N–H and O–H groups in total. The molecule has 0 radical (unpaired) electrons. The Morgan fingerprint density at radius 1 is 0.714 bits per heavy atom. The van der Waals surface area contributed by atoms with Crippen LogP contribution < -0.4 is 29.8 Å². The molecule has 0 atom stereocenters. The number of hydrazone groups is 2. The van der Waals surface area contributed by atoms with E-state index < -0.39 is 11.8 Å². The van der Waals surface area contributed by atoms with Gasteiger partial charge in [-0.1, -0.05) is 13.8 Å². The smallest absolute Gasteiger partial charge is 0.273 e. The van der Waals surface area contributed by atoms with Gasteiger partial charge in [0.1, 0.15) is 0 Å². The zero-order chi connectivity index (χ0) is 30.5. The first-order valence-electron chi connectivity index (χ1n) is 13.6.